The summed E-state index contributed by atoms with van der Waals surface area (Å²) >= 11 is 0. The van der Waals surface area contributed by atoms with Gasteiger partial charge in [0.15, 0.2) is 0 Å². The monoisotopic (exact) mass is 210 g/mol. The number of nitrogens with zero attached hydrogens (tertiary/aromatic N) is 1. The van der Waals surface area contributed by atoms with Gasteiger partial charge in [0.2, 0.25) is 0 Å². The number of nitrogen functional groups attached to an aromatic ring is 1. The molecule has 0 atom stereocenters. The van der Waals surface area contributed by atoms with Crippen LogP contribution in [0.4, 0.5) is 15.8 Å². The third-order valence-electron chi connectivity index (χ3n) is 2.66. The Labute approximate surface area is 88.6 Å². The van der Waals surface area contributed by atoms with Gasteiger partial charge in [-0.05, 0) is 24.6 Å². The van der Waals surface area contributed by atoms with Gasteiger partial charge in [-0.1, -0.05) is 0 Å². The fraction of sp³-hybridized carbons (Fsp3) is 0.455. The molecule has 1 aromatic carbocycles. The number of nitrogens with two attached hydrogens (primary N) is 1. The van der Waals surface area contributed by atoms with Crippen LogP contribution >= 0.6 is 0 Å². The average Bonchev–Trinajstić information content (AvgIpc) is 2.25. The van der Waals surface area contributed by atoms with Gasteiger partial charge in [0.25, 0.3) is 0 Å². The van der Waals surface area contributed by atoms with Crippen LogP contribution in [0.2, 0.25) is 0 Å². The van der Waals surface area contributed by atoms with E-state index in [-0.39, 0.29) is 5.82 Å². The van der Waals surface area contributed by atoms with Crippen LogP contribution in [0.3, 0.4) is 0 Å². The summed E-state index contributed by atoms with van der Waals surface area (Å²) in [6.07, 6.45) is 0. The van der Waals surface area contributed by atoms with Crippen molar-refractivity contribution in [2.24, 2.45) is 0 Å². The van der Waals surface area contributed by atoms with Crippen LogP contribution in [0, 0.1) is 12.7 Å². The molecule has 0 aliphatic carbocycles. The number of aryl methyl sites for hydroxylation is 1. The van der Waals surface area contributed by atoms with Gasteiger partial charge in [-0.2, -0.15) is 0 Å². The molecule has 0 saturated carbocycles. The second kappa shape index (κ2) is 4.06. The summed E-state index contributed by atoms with van der Waals surface area (Å²) in [6, 6.07) is 3.19. The van der Waals surface area contributed by atoms with Crippen molar-refractivity contribution in [1.29, 1.82) is 0 Å². The molecule has 0 amide bonds. The van der Waals surface area contributed by atoms with E-state index < -0.39 is 0 Å². The summed E-state index contributed by atoms with van der Waals surface area (Å²) in [5.41, 5.74) is 7.84. The summed E-state index contributed by atoms with van der Waals surface area (Å²) in [6.45, 7) is 4.79. The average molecular weight is 210 g/mol. The summed E-state index contributed by atoms with van der Waals surface area (Å²) < 4.78 is 18.5. The number of benzene rings is 1. The lowest BCUT2D eigenvalue weighted by Gasteiger charge is -2.30. The molecule has 15 heavy (non-hydrogen) atoms. The number of morpholine rings is 1. The van der Waals surface area contributed by atoms with Crippen LogP contribution in [0.5, 0.6) is 0 Å². The molecular formula is C11H15FN2O. The van der Waals surface area contributed by atoms with E-state index in [1.54, 1.807) is 13.0 Å². The molecule has 4 heteroatoms. The minimum absolute atomic E-state index is 0.246. The van der Waals surface area contributed by atoms with E-state index in [0.717, 1.165) is 18.8 Å². The first kappa shape index (κ1) is 10.2. The highest BCUT2D eigenvalue weighted by atomic mass is 19.1. The fourth-order valence-electron chi connectivity index (χ4n) is 1.76. The van der Waals surface area contributed by atoms with Gasteiger partial charge in [-0.3, -0.25) is 0 Å². The lowest BCUT2D eigenvalue weighted by Crippen LogP contribution is -2.36. The van der Waals surface area contributed by atoms with E-state index in [0.29, 0.717) is 24.5 Å². The fourth-order valence-corrected chi connectivity index (χ4v) is 1.76. The van der Waals surface area contributed by atoms with Crippen LogP contribution < -0.4 is 10.6 Å². The molecule has 0 unspecified atom stereocenters. The first-order chi connectivity index (χ1) is 7.18. The van der Waals surface area contributed by atoms with Gasteiger partial charge < -0.3 is 15.4 Å². The molecule has 1 aliphatic heterocycles. The number of hydrogen-bond acceptors (Lipinski definition) is 3. The van der Waals surface area contributed by atoms with Crippen molar-refractivity contribution < 1.29 is 9.13 Å². The summed E-state index contributed by atoms with van der Waals surface area (Å²) in [5.74, 6) is -0.246. The Morgan fingerprint density at radius 3 is 2.67 bits per heavy atom. The van der Waals surface area contributed by atoms with Crippen molar-refractivity contribution in [3.8, 4) is 0 Å². The van der Waals surface area contributed by atoms with Crippen LogP contribution in [-0.2, 0) is 4.74 Å². The predicted molar refractivity (Wildman–Crippen MR) is 58.6 cm³/mol. The molecule has 1 fully saturated rings. The van der Waals surface area contributed by atoms with Gasteiger partial charge in [0, 0.05) is 13.1 Å². The molecule has 1 aromatic rings. The molecule has 0 aromatic heterocycles. The Morgan fingerprint density at radius 1 is 1.33 bits per heavy atom. The SMILES string of the molecule is Cc1cc(N2CCOCC2)c(N)cc1F. The topological polar surface area (TPSA) is 38.5 Å². The van der Waals surface area contributed by atoms with Crippen molar-refractivity contribution in [2.45, 2.75) is 6.92 Å². The summed E-state index contributed by atoms with van der Waals surface area (Å²) in [4.78, 5) is 2.13. The molecule has 1 saturated heterocycles. The summed E-state index contributed by atoms with van der Waals surface area (Å²) in [7, 11) is 0. The highest BCUT2D eigenvalue weighted by Gasteiger charge is 2.15. The van der Waals surface area contributed by atoms with Crippen molar-refractivity contribution in [3.05, 3.63) is 23.5 Å². The second-order valence-corrected chi connectivity index (χ2v) is 3.76. The smallest absolute Gasteiger partial charge is 0.128 e. The molecule has 0 spiro atoms. The van der Waals surface area contributed by atoms with E-state index in [1.807, 2.05) is 0 Å². The lowest BCUT2D eigenvalue weighted by molar-refractivity contribution is 0.123. The molecule has 3 nitrogen and oxygen atoms in total. The largest absolute Gasteiger partial charge is 0.397 e. The predicted octanol–water partition coefficient (Wildman–Crippen LogP) is 1.55. The lowest BCUT2D eigenvalue weighted by atomic mass is 10.1. The molecule has 2 rings (SSSR count). The zero-order valence-electron chi connectivity index (χ0n) is 8.79. The normalized spacial score (nSPS) is 16.8. The van der Waals surface area contributed by atoms with Gasteiger partial charge in [-0.25, -0.2) is 4.39 Å². The maximum absolute atomic E-state index is 13.2. The number of rotatable bonds is 1. The Kier molecular flexibility index (Phi) is 2.77. The zero-order valence-corrected chi connectivity index (χ0v) is 8.79. The first-order valence-corrected chi connectivity index (χ1v) is 5.07. The van der Waals surface area contributed by atoms with Gasteiger partial charge in [-0.15, -0.1) is 0 Å². The van der Waals surface area contributed by atoms with Crippen LogP contribution in [0.15, 0.2) is 12.1 Å². The Morgan fingerprint density at radius 2 is 2.00 bits per heavy atom. The van der Waals surface area contributed by atoms with Crippen molar-refractivity contribution in [3.63, 3.8) is 0 Å². The molecule has 2 N–H and O–H groups in total. The first-order valence-electron chi connectivity index (χ1n) is 5.07. The quantitative estimate of drug-likeness (QED) is 0.715. The van der Waals surface area contributed by atoms with Crippen molar-refractivity contribution >= 4 is 11.4 Å². The third-order valence-corrected chi connectivity index (χ3v) is 2.66. The van der Waals surface area contributed by atoms with E-state index in [4.69, 9.17) is 10.5 Å². The number of halogens is 1. The van der Waals surface area contributed by atoms with Gasteiger partial charge >= 0.3 is 0 Å². The standard InChI is InChI=1S/C11H15FN2O/c1-8-6-11(10(13)7-9(8)12)14-2-4-15-5-3-14/h6-7H,2-5,13H2,1H3. The van der Waals surface area contributed by atoms with E-state index in [1.165, 1.54) is 6.07 Å². The van der Waals surface area contributed by atoms with E-state index in [9.17, 15) is 4.39 Å². The summed E-state index contributed by atoms with van der Waals surface area (Å²) in [5, 5.41) is 0. The number of ether oxygens (including phenoxy) is 1. The van der Waals surface area contributed by atoms with Crippen molar-refractivity contribution in [2.75, 3.05) is 36.9 Å². The molecular weight excluding hydrogens is 195 g/mol. The van der Waals surface area contributed by atoms with Gasteiger partial charge in [0.1, 0.15) is 5.82 Å². The minimum atomic E-state index is -0.246. The highest BCUT2D eigenvalue weighted by molar-refractivity contribution is 5.68. The third kappa shape index (κ3) is 2.04. The Balaban J connectivity index is 2.30. The van der Waals surface area contributed by atoms with E-state index in [2.05, 4.69) is 4.90 Å². The minimum Gasteiger partial charge on any atom is -0.397 e. The number of hydrogen-bond donors (Lipinski definition) is 1. The van der Waals surface area contributed by atoms with Crippen LogP contribution in [-0.4, -0.2) is 26.3 Å². The van der Waals surface area contributed by atoms with Gasteiger partial charge in [0.05, 0.1) is 24.6 Å². The molecule has 1 heterocycles. The highest BCUT2D eigenvalue weighted by Crippen LogP contribution is 2.26. The zero-order chi connectivity index (χ0) is 10.8. The van der Waals surface area contributed by atoms with E-state index >= 15 is 0 Å². The maximum atomic E-state index is 13.2. The van der Waals surface area contributed by atoms with Crippen molar-refractivity contribution in [1.82, 2.24) is 0 Å². The maximum Gasteiger partial charge on any atom is 0.128 e. The second-order valence-electron chi connectivity index (χ2n) is 3.76. The molecule has 1 aliphatic rings. The Bertz CT molecular complexity index is 362. The molecule has 0 bridgehead atoms. The Hall–Kier alpha value is -1.29. The molecule has 0 radical (unpaired) electrons. The van der Waals surface area contributed by atoms with Crippen LogP contribution in [0.25, 0.3) is 0 Å². The van der Waals surface area contributed by atoms with Crippen LogP contribution in [0.1, 0.15) is 5.56 Å². The number of anilines is 2. The molecule has 82 valence electrons.